The van der Waals surface area contributed by atoms with Gasteiger partial charge in [-0.3, -0.25) is 4.79 Å². The van der Waals surface area contributed by atoms with Crippen LogP contribution in [0.25, 0.3) is 10.2 Å². The van der Waals surface area contributed by atoms with Crippen LogP contribution >= 0.6 is 23.7 Å². The van der Waals surface area contributed by atoms with Gasteiger partial charge in [0.2, 0.25) is 5.91 Å². The van der Waals surface area contributed by atoms with Crippen LogP contribution in [0.15, 0.2) is 23.7 Å². The number of hydrogen-bond acceptors (Lipinski definition) is 4. The summed E-state index contributed by atoms with van der Waals surface area (Å²) in [7, 11) is 0. The molecule has 1 amide bonds. The molecule has 2 heterocycles. The quantitative estimate of drug-likeness (QED) is 0.889. The van der Waals surface area contributed by atoms with Crippen molar-refractivity contribution >= 4 is 45.6 Å². The number of anilines is 1. The highest BCUT2D eigenvalue weighted by atomic mass is 35.5. The Kier molecular flexibility index (Phi) is 4.16. The fraction of sp³-hybridized carbons (Fsp3) is 0.333. The van der Waals surface area contributed by atoms with Crippen LogP contribution in [0.3, 0.4) is 0 Å². The molecule has 4 nitrogen and oxygen atoms in total. The smallest absolute Gasteiger partial charge is 0.228 e. The van der Waals surface area contributed by atoms with Gasteiger partial charge in [0.1, 0.15) is 0 Å². The van der Waals surface area contributed by atoms with Crippen molar-refractivity contribution in [1.29, 1.82) is 0 Å². The molecule has 0 saturated carbocycles. The van der Waals surface area contributed by atoms with Crippen molar-refractivity contribution < 1.29 is 4.79 Å². The zero-order valence-electron chi connectivity index (χ0n) is 9.68. The van der Waals surface area contributed by atoms with Crippen LogP contribution in [0.2, 0.25) is 0 Å². The van der Waals surface area contributed by atoms with Gasteiger partial charge < -0.3 is 10.6 Å². The van der Waals surface area contributed by atoms with Gasteiger partial charge in [0, 0.05) is 12.2 Å². The summed E-state index contributed by atoms with van der Waals surface area (Å²) in [6.07, 6.45) is 0.925. The third-order valence-corrected chi connectivity index (χ3v) is 3.82. The van der Waals surface area contributed by atoms with Crippen LogP contribution in [0.1, 0.15) is 6.42 Å². The first-order valence-electron chi connectivity index (χ1n) is 5.68. The molecule has 6 heteroatoms. The van der Waals surface area contributed by atoms with Gasteiger partial charge in [0.25, 0.3) is 0 Å². The van der Waals surface area contributed by atoms with Crippen molar-refractivity contribution in [3.63, 3.8) is 0 Å². The standard InChI is InChI=1S/C12H13N3OS.ClH/c16-12(8-3-4-13-6-8)15-9-1-2-10-11(5-9)17-7-14-10;/h1-2,5,7-8,13H,3-4,6H2,(H,15,16);1H. The number of hydrogen-bond donors (Lipinski definition) is 2. The number of benzene rings is 1. The maximum atomic E-state index is 11.9. The van der Waals surface area contributed by atoms with E-state index in [2.05, 4.69) is 15.6 Å². The average Bonchev–Trinajstić information content (AvgIpc) is 2.99. The molecule has 1 saturated heterocycles. The minimum atomic E-state index is 0. The summed E-state index contributed by atoms with van der Waals surface area (Å²) >= 11 is 1.59. The van der Waals surface area contributed by atoms with E-state index in [1.165, 1.54) is 0 Å². The van der Waals surface area contributed by atoms with Crippen molar-refractivity contribution in [1.82, 2.24) is 10.3 Å². The Morgan fingerprint density at radius 2 is 2.39 bits per heavy atom. The van der Waals surface area contributed by atoms with Gasteiger partial charge in [-0.05, 0) is 31.2 Å². The number of aromatic nitrogens is 1. The first kappa shape index (κ1) is 13.3. The molecule has 1 aliphatic heterocycles. The van der Waals surface area contributed by atoms with E-state index in [1.807, 2.05) is 23.7 Å². The maximum absolute atomic E-state index is 11.9. The fourth-order valence-corrected chi connectivity index (χ4v) is 2.77. The molecule has 0 aliphatic carbocycles. The van der Waals surface area contributed by atoms with E-state index in [9.17, 15) is 4.79 Å². The van der Waals surface area contributed by atoms with Crippen LogP contribution in [-0.4, -0.2) is 24.0 Å². The van der Waals surface area contributed by atoms with E-state index in [1.54, 1.807) is 11.3 Å². The van der Waals surface area contributed by atoms with E-state index in [-0.39, 0.29) is 24.2 Å². The number of halogens is 1. The maximum Gasteiger partial charge on any atom is 0.228 e. The largest absolute Gasteiger partial charge is 0.326 e. The van der Waals surface area contributed by atoms with Crippen molar-refractivity contribution in [3.05, 3.63) is 23.7 Å². The number of amides is 1. The summed E-state index contributed by atoms with van der Waals surface area (Å²) in [6, 6.07) is 5.82. The van der Waals surface area contributed by atoms with Gasteiger partial charge in [0.15, 0.2) is 0 Å². The van der Waals surface area contributed by atoms with Crippen molar-refractivity contribution in [2.75, 3.05) is 18.4 Å². The van der Waals surface area contributed by atoms with Crippen LogP contribution in [0.5, 0.6) is 0 Å². The zero-order valence-corrected chi connectivity index (χ0v) is 11.3. The molecule has 1 unspecified atom stereocenters. The number of thiazole rings is 1. The summed E-state index contributed by atoms with van der Waals surface area (Å²) in [4.78, 5) is 16.1. The molecule has 0 spiro atoms. The van der Waals surface area contributed by atoms with Crippen molar-refractivity contribution in [2.24, 2.45) is 5.92 Å². The van der Waals surface area contributed by atoms with E-state index in [4.69, 9.17) is 0 Å². The van der Waals surface area contributed by atoms with Crippen molar-refractivity contribution in [2.45, 2.75) is 6.42 Å². The lowest BCUT2D eigenvalue weighted by Gasteiger charge is -2.09. The molecule has 0 radical (unpaired) electrons. The van der Waals surface area contributed by atoms with Gasteiger partial charge in [-0.1, -0.05) is 0 Å². The molecule has 1 fully saturated rings. The summed E-state index contributed by atoms with van der Waals surface area (Å²) in [6.45, 7) is 1.72. The predicted octanol–water partition coefficient (Wildman–Crippen LogP) is 2.27. The second-order valence-electron chi connectivity index (χ2n) is 4.21. The minimum Gasteiger partial charge on any atom is -0.326 e. The highest BCUT2D eigenvalue weighted by Gasteiger charge is 2.22. The van der Waals surface area contributed by atoms with Gasteiger partial charge in [-0.15, -0.1) is 23.7 Å². The number of fused-ring (bicyclic) bond motifs is 1. The van der Waals surface area contributed by atoms with E-state index in [0.717, 1.165) is 35.4 Å². The van der Waals surface area contributed by atoms with Gasteiger partial charge >= 0.3 is 0 Å². The van der Waals surface area contributed by atoms with E-state index >= 15 is 0 Å². The number of rotatable bonds is 2. The van der Waals surface area contributed by atoms with Gasteiger partial charge in [0.05, 0.1) is 21.6 Å². The molecule has 2 N–H and O–H groups in total. The van der Waals surface area contributed by atoms with Crippen LogP contribution in [0.4, 0.5) is 5.69 Å². The molecular weight excluding hydrogens is 270 g/mol. The first-order chi connectivity index (χ1) is 8.33. The second-order valence-corrected chi connectivity index (χ2v) is 5.10. The highest BCUT2D eigenvalue weighted by Crippen LogP contribution is 2.22. The zero-order chi connectivity index (χ0) is 11.7. The number of carbonyl (C=O) groups excluding carboxylic acids is 1. The lowest BCUT2D eigenvalue weighted by atomic mass is 10.1. The molecule has 1 aromatic carbocycles. The van der Waals surface area contributed by atoms with Crippen LogP contribution < -0.4 is 10.6 Å². The molecule has 18 heavy (non-hydrogen) atoms. The van der Waals surface area contributed by atoms with Crippen molar-refractivity contribution in [3.8, 4) is 0 Å². The van der Waals surface area contributed by atoms with Gasteiger partial charge in [-0.25, -0.2) is 4.98 Å². The number of nitrogens with zero attached hydrogens (tertiary/aromatic N) is 1. The lowest BCUT2D eigenvalue weighted by molar-refractivity contribution is -0.119. The van der Waals surface area contributed by atoms with Crippen LogP contribution in [0, 0.1) is 5.92 Å². The Hall–Kier alpha value is -1.17. The van der Waals surface area contributed by atoms with Crippen LogP contribution in [-0.2, 0) is 4.79 Å². The molecule has 1 aromatic heterocycles. The number of nitrogens with one attached hydrogen (secondary N) is 2. The predicted molar refractivity (Wildman–Crippen MR) is 76.5 cm³/mol. The average molecular weight is 284 g/mol. The molecule has 2 aromatic rings. The monoisotopic (exact) mass is 283 g/mol. The number of carbonyl (C=O) groups is 1. The lowest BCUT2D eigenvalue weighted by Crippen LogP contribution is -2.24. The summed E-state index contributed by atoms with van der Waals surface area (Å²) in [5, 5.41) is 6.16. The molecular formula is C12H14ClN3OS. The molecule has 1 atom stereocenters. The third kappa shape index (κ3) is 2.63. The molecule has 3 rings (SSSR count). The van der Waals surface area contributed by atoms with E-state index in [0.29, 0.717) is 0 Å². The fourth-order valence-electron chi connectivity index (χ4n) is 2.06. The first-order valence-corrected chi connectivity index (χ1v) is 6.56. The summed E-state index contributed by atoms with van der Waals surface area (Å²) in [5.41, 5.74) is 3.66. The second kappa shape index (κ2) is 5.65. The Balaban J connectivity index is 0.00000120. The van der Waals surface area contributed by atoms with Gasteiger partial charge in [-0.2, -0.15) is 0 Å². The molecule has 0 bridgehead atoms. The summed E-state index contributed by atoms with van der Waals surface area (Å²) < 4.78 is 1.10. The minimum absolute atomic E-state index is 0. The Labute approximate surface area is 115 Å². The molecule has 96 valence electrons. The Morgan fingerprint density at radius 1 is 1.50 bits per heavy atom. The highest BCUT2D eigenvalue weighted by molar-refractivity contribution is 7.16. The normalized spacial score (nSPS) is 18.6. The topological polar surface area (TPSA) is 54.0 Å². The third-order valence-electron chi connectivity index (χ3n) is 3.03. The SMILES string of the molecule is Cl.O=C(Nc1ccc2ncsc2c1)C1CCNC1. The molecule has 1 aliphatic rings. The Morgan fingerprint density at radius 3 is 3.17 bits per heavy atom. The Bertz CT molecular complexity index is 551. The summed E-state index contributed by atoms with van der Waals surface area (Å²) in [5.74, 6) is 0.214. The van der Waals surface area contributed by atoms with E-state index < -0.39 is 0 Å².